The number of hydrogen-bond acceptors (Lipinski definition) is 0. The Labute approximate surface area is 58.3 Å². The van der Waals surface area contributed by atoms with Crippen molar-refractivity contribution in [1.29, 1.82) is 0 Å². The van der Waals surface area contributed by atoms with Gasteiger partial charge in [0.15, 0.2) is 0 Å². The van der Waals surface area contributed by atoms with Crippen molar-refractivity contribution in [2.45, 2.75) is 33.6 Å². The largest absolute Gasteiger partial charge is 0.0874 e. The zero-order chi connectivity index (χ0) is 7.11. The summed E-state index contributed by atoms with van der Waals surface area (Å²) in [5.74, 6) is 0. The maximum atomic E-state index is 2.20. The Morgan fingerprint density at radius 2 is 2.00 bits per heavy atom. The van der Waals surface area contributed by atoms with Crippen LogP contribution in [-0.4, -0.2) is 0 Å². The summed E-state index contributed by atoms with van der Waals surface area (Å²) in [5, 5.41) is 0. The molecule has 0 atom stereocenters. The standard InChI is InChI=1S/C9H16/c1-4-7-9(6-3)8-5-2/h4,6-7H,5,8H2,1-3H3/b7-4-,9-6+. The van der Waals surface area contributed by atoms with E-state index in [1.165, 1.54) is 18.4 Å². The fourth-order valence-electron chi connectivity index (χ4n) is 0.827. The van der Waals surface area contributed by atoms with Gasteiger partial charge < -0.3 is 0 Å². The molecule has 0 radical (unpaired) electrons. The fraction of sp³-hybridized carbons (Fsp3) is 0.556. The van der Waals surface area contributed by atoms with Gasteiger partial charge in [0, 0.05) is 0 Å². The highest BCUT2D eigenvalue weighted by molar-refractivity contribution is 5.16. The van der Waals surface area contributed by atoms with Gasteiger partial charge in [-0.2, -0.15) is 0 Å². The summed E-state index contributed by atoms with van der Waals surface area (Å²) in [6.07, 6.45) is 8.88. The van der Waals surface area contributed by atoms with E-state index in [2.05, 4.69) is 39.0 Å². The van der Waals surface area contributed by atoms with Crippen LogP contribution >= 0.6 is 0 Å². The van der Waals surface area contributed by atoms with Gasteiger partial charge in [-0.1, -0.05) is 37.1 Å². The Morgan fingerprint density at radius 1 is 1.33 bits per heavy atom. The molecule has 0 aliphatic heterocycles. The average Bonchev–Trinajstić information content (AvgIpc) is 1.88. The minimum Gasteiger partial charge on any atom is -0.0874 e. The van der Waals surface area contributed by atoms with Crippen LogP contribution < -0.4 is 0 Å². The summed E-state index contributed by atoms with van der Waals surface area (Å²) in [7, 11) is 0. The maximum Gasteiger partial charge on any atom is -0.0285 e. The van der Waals surface area contributed by atoms with Crippen molar-refractivity contribution in [1.82, 2.24) is 0 Å². The Bertz CT molecular complexity index is 107. The van der Waals surface area contributed by atoms with Crippen molar-refractivity contribution >= 4 is 0 Å². The topological polar surface area (TPSA) is 0 Å². The molecule has 0 heteroatoms. The predicted molar refractivity (Wildman–Crippen MR) is 43.5 cm³/mol. The minimum absolute atomic E-state index is 1.21. The van der Waals surface area contributed by atoms with Gasteiger partial charge in [0.25, 0.3) is 0 Å². The summed E-state index contributed by atoms with van der Waals surface area (Å²) in [6, 6.07) is 0. The zero-order valence-corrected chi connectivity index (χ0v) is 6.65. The molecule has 0 rings (SSSR count). The Morgan fingerprint density at radius 3 is 2.33 bits per heavy atom. The second kappa shape index (κ2) is 5.61. The number of rotatable bonds is 3. The van der Waals surface area contributed by atoms with Crippen molar-refractivity contribution < 1.29 is 0 Å². The first-order chi connectivity index (χ1) is 4.35. The zero-order valence-electron chi connectivity index (χ0n) is 6.65. The lowest BCUT2D eigenvalue weighted by Crippen LogP contribution is -1.74. The van der Waals surface area contributed by atoms with Crippen molar-refractivity contribution in [2.24, 2.45) is 0 Å². The van der Waals surface area contributed by atoms with Gasteiger partial charge in [-0.25, -0.2) is 0 Å². The van der Waals surface area contributed by atoms with E-state index >= 15 is 0 Å². The average molecular weight is 124 g/mol. The molecule has 0 saturated heterocycles. The van der Waals surface area contributed by atoms with Crippen LogP contribution in [0.4, 0.5) is 0 Å². The first-order valence-corrected chi connectivity index (χ1v) is 3.63. The fourth-order valence-corrected chi connectivity index (χ4v) is 0.827. The molecule has 0 fully saturated rings. The molecular formula is C9H16. The molecule has 0 aliphatic rings. The van der Waals surface area contributed by atoms with Crippen LogP contribution in [-0.2, 0) is 0 Å². The summed E-state index contributed by atoms with van der Waals surface area (Å²) in [5.41, 5.74) is 1.44. The van der Waals surface area contributed by atoms with Gasteiger partial charge in [0.1, 0.15) is 0 Å². The van der Waals surface area contributed by atoms with Gasteiger partial charge in [-0.15, -0.1) is 0 Å². The molecule has 9 heavy (non-hydrogen) atoms. The van der Waals surface area contributed by atoms with Crippen molar-refractivity contribution in [3.63, 3.8) is 0 Å². The molecule has 0 aromatic carbocycles. The molecule has 0 heterocycles. The van der Waals surface area contributed by atoms with Gasteiger partial charge in [-0.3, -0.25) is 0 Å². The van der Waals surface area contributed by atoms with Gasteiger partial charge in [0.05, 0.1) is 0 Å². The first kappa shape index (κ1) is 8.48. The quantitative estimate of drug-likeness (QED) is 0.506. The van der Waals surface area contributed by atoms with Crippen molar-refractivity contribution in [2.75, 3.05) is 0 Å². The Balaban J connectivity index is 3.70. The van der Waals surface area contributed by atoms with Gasteiger partial charge in [0.2, 0.25) is 0 Å². The van der Waals surface area contributed by atoms with E-state index in [4.69, 9.17) is 0 Å². The predicted octanol–water partition coefficient (Wildman–Crippen LogP) is 3.31. The van der Waals surface area contributed by atoms with E-state index < -0.39 is 0 Å². The molecule has 0 N–H and O–H groups in total. The van der Waals surface area contributed by atoms with E-state index in [9.17, 15) is 0 Å². The third-order valence-electron chi connectivity index (χ3n) is 1.29. The van der Waals surface area contributed by atoms with Gasteiger partial charge >= 0.3 is 0 Å². The minimum atomic E-state index is 1.21. The van der Waals surface area contributed by atoms with E-state index in [1.54, 1.807) is 0 Å². The van der Waals surface area contributed by atoms with E-state index in [0.29, 0.717) is 0 Å². The monoisotopic (exact) mass is 124 g/mol. The van der Waals surface area contributed by atoms with Crippen molar-refractivity contribution in [3.05, 3.63) is 23.8 Å². The van der Waals surface area contributed by atoms with Crippen LogP contribution in [0.1, 0.15) is 33.6 Å². The summed E-state index contributed by atoms with van der Waals surface area (Å²) < 4.78 is 0. The van der Waals surface area contributed by atoms with Crippen LogP contribution in [0.5, 0.6) is 0 Å². The molecule has 0 amide bonds. The molecule has 0 bridgehead atoms. The Kier molecular flexibility index (Phi) is 5.29. The summed E-state index contributed by atoms with van der Waals surface area (Å²) in [4.78, 5) is 0. The lowest BCUT2D eigenvalue weighted by atomic mass is 10.1. The second-order valence-corrected chi connectivity index (χ2v) is 2.11. The molecule has 0 aliphatic carbocycles. The third kappa shape index (κ3) is 4.01. The molecule has 0 aromatic rings. The van der Waals surface area contributed by atoms with E-state index in [1.807, 2.05) is 0 Å². The van der Waals surface area contributed by atoms with Crippen LogP contribution in [0.25, 0.3) is 0 Å². The van der Waals surface area contributed by atoms with Gasteiger partial charge in [-0.05, 0) is 20.3 Å². The van der Waals surface area contributed by atoms with Crippen LogP contribution in [0.15, 0.2) is 23.8 Å². The molecular weight excluding hydrogens is 108 g/mol. The second-order valence-electron chi connectivity index (χ2n) is 2.11. The number of hydrogen-bond donors (Lipinski definition) is 0. The molecule has 0 nitrogen and oxygen atoms in total. The number of allylic oxidation sites excluding steroid dienone is 4. The third-order valence-corrected chi connectivity index (χ3v) is 1.29. The highest BCUT2D eigenvalue weighted by atomic mass is 13.9. The molecule has 0 unspecified atom stereocenters. The molecule has 52 valence electrons. The van der Waals surface area contributed by atoms with E-state index in [0.717, 1.165) is 0 Å². The highest BCUT2D eigenvalue weighted by Gasteiger charge is 1.84. The summed E-state index contributed by atoms with van der Waals surface area (Å²) >= 11 is 0. The SMILES string of the molecule is C/C=C\C(=C/C)CCC. The lowest BCUT2D eigenvalue weighted by molar-refractivity contribution is 0.924. The van der Waals surface area contributed by atoms with Crippen LogP contribution in [0.2, 0.25) is 0 Å². The maximum absolute atomic E-state index is 2.20. The Hall–Kier alpha value is -0.520. The summed E-state index contributed by atoms with van der Waals surface area (Å²) in [6.45, 7) is 6.34. The van der Waals surface area contributed by atoms with Crippen LogP contribution in [0, 0.1) is 0 Å². The van der Waals surface area contributed by atoms with Crippen LogP contribution in [0.3, 0.4) is 0 Å². The molecule has 0 aromatic heterocycles. The van der Waals surface area contributed by atoms with Crippen molar-refractivity contribution in [3.8, 4) is 0 Å². The normalized spacial score (nSPS) is 13.0. The lowest BCUT2D eigenvalue weighted by Gasteiger charge is -1.94. The smallest absolute Gasteiger partial charge is 0.0285 e. The highest BCUT2D eigenvalue weighted by Crippen LogP contribution is 2.04. The molecule has 0 saturated carbocycles. The molecule has 0 spiro atoms. The first-order valence-electron chi connectivity index (χ1n) is 3.63. The van der Waals surface area contributed by atoms with E-state index in [-0.39, 0.29) is 0 Å².